The third kappa shape index (κ3) is 1140. The molecule has 0 aliphatic carbocycles. The largest absolute Gasteiger partial charge is 0.304 e. The minimum atomic E-state index is 0.750. The van der Waals surface area contributed by atoms with Crippen molar-refractivity contribution in [3.8, 4) is 0 Å². The van der Waals surface area contributed by atoms with Crippen LogP contribution in [0.25, 0.3) is 0 Å². The summed E-state index contributed by atoms with van der Waals surface area (Å²) in [5.74, 6) is 0. The Hall–Kier alpha value is -0.330. The highest BCUT2D eigenvalue weighted by Crippen LogP contribution is 1.56. The van der Waals surface area contributed by atoms with Crippen molar-refractivity contribution in [2.75, 3.05) is 0 Å². The number of hydrogen-bond acceptors (Lipinski definition) is 1. The Morgan fingerprint density at radius 1 is 1.25 bits per heavy atom. The van der Waals surface area contributed by atoms with Crippen molar-refractivity contribution in [1.82, 2.24) is 0 Å². The molecule has 0 saturated heterocycles. The number of rotatable bonds is 0. The summed E-state index contributed by atoms with van der Waals surface area (Å²) in [6.07, 6.45) is 2.00. The number of aldehydes is 1. The van der Waals surface area contributed by atoms with E-state index in [0.29, 0.717) is 0 Å². The van der Waals surface area contributed by atoms with Crippen LogP contribution in [0.2, 0.25) is 0 Å². The van der Waals surface area contributed by atoms with Crippen molar-refractivity contribution in [1.29, 1.82) is 0 Å². The minimum Gasteiger partial charge on any atom is -0.304 e. The van der Waals surface area contributed by atoms with Gasteiger partial charge < -0.3 is 4.79 Å². The molecular weight excluding hydrogens is 100 g/mol. The molecule has 0 aliphatic rings. The Balaban J connectivity index is -0.0000000483. The van der Waals surface area contributed by atoms with Crippen molar-refractivity contribution < 1.29 is 4.79 Å². The van der Waals surface area contributed by atoms with Gasteiger partial charge in [-0.05, 0) is 6.92 Å². The van der Waals surface area contributed by atoms with E-state index in [4.69, 9.17) is 4.79 Å². The number of hydrogen-bond donors (Lipinski definition) is 0. The van der Waals surface area contributed by atoms with Gasteiger partial charge in [0.05, 0.1) is 0 Å². The normalized spacial score (nSPS) is 4.62. The van der Waals surface area contributed by atoms with Gasteiger partial charge in [-0.1, -0.05) is 34.1 Å². The molecule has 0 heterocycles. The van der Waals surface area contributed by atoms with Gasteiger partial charge >= 0.3 is 0 Å². The van der Waals surface area contributed by atoms with Gasteiger partial charge in [0.25, 0.3) is 0 Å². The van der Waals surface area contributed by atoms with E-state index in [1.165, 1.54) is 13.3 Å². The average Bonchev–Trinajstić information content (AvgIpc) is 1.75. The Bertz CT molecular complexity index is 18.3. The van der Waals surface area contributed by atoms with Crippen LogP contribution in [0.15, 0.2) is 0 Å². The molecule has 0 aromatic heterocycles. The van der Waals surface area contributed by atoms with Crippen LogP contribution in [0.3, 0.4) is 0 Å². The molecule has 0 atom stereocenters. The minimum absolute atomic E-state index is 0.750. The molecule has 0 amide bonds. The Kier molecular flexibility index (Phi) is 150. The molecule has 52 valence electrons. The highest BCUT2D eigenvalue weighted by Gasteiger charge is 1.35. The van der Waals surface area contributed by atoms with E-state index in [2.05, 4.69) is 13.8 Å². The summed E-state index contributed by atoms with van der Waals surface area (Å²) < 4.78 is 0. The number of carbonyl (C=O) groups excluding carboxylic acids is 1. The van der Waals surface area contributed by atoms with Crippen molar-refractivity contribution >= 4 is 6.29 Å². The predicted molar refractivity (Wildman–Crippen MR) is 39.1 cm³/mol. The summed E-state index contributed by atoms with van der Waals surface area (Å²) in [5.41, 5.74) is 0. The molecule has 0 unspecified atom stereocenters. The second-order valence-electron chi connectivity index (χ2n) is 0.943. The molecule has 8 heavy (non-hydrogen) atoms. The van der Waals surface area contributed by atoms with Gasteiger partial charge in [0.15, 0.2) is 0 Å². The topological polar surface area (TPSA) is 17.1 Å². The lowest BCUT2D eigenvalue weighted by Gasteiger charge is -1.48. The third-order valence-corrected chi connectivity index (χ3v) is 0. The summed E-state index contributed by atoms with van der Waals surface area (Å²) in [4.78, 5) is 8.81. The summed E-state index contributed by atoms with van der Waals surface area (Å²) in [6, 6.07) is 0. The zero-order valence-corrected chi connectivity index (χ0v) is 6.69. The maximum Gasteiger partial charge on any atom is 0.116 e. The predicted octanol–water partition coefficient (Wildman–Crippen LogP) is 2.65. The van der Waals surface area contributed by atoms with Crippen molar-refractivity contribution in [2.45, 2.75) is 41.0 Å². The van der Waals surface area contributed by atoms with E-state index in [0.717, 1.165) is 6.29 Å². The van der Waals surface area contributed by atoms with Crippen LogP contribution in [-0.2, 0) is 4.79 Å². The molecule has 0 bridgehead atoms. The first-order chi connectivity index (χ1) is 3.83. The molecule has 1 heteroatoms. The highest BCUT2D eigenvalue weighted by atomic mass is 16.1. The first kappa shape index (κ1) is 15.6. The highest BCUT2D eigenvalue weighted by molar-refractivity contribution is 5.44. The fraction of sp³-hybridized carbons (Fsp3) is 0.857. The van der Waals surface area contributed by atoms with Gasteiger partial charge in [0.1, 0.15) is 6.29 Å². The lowest BCUT2D eigenvalue weighted by molar-refractivity contribution is -0.106. The van der Waals surface area contributed by atoms with E-state index >= 15 is 0 Å². The van der Waals surface area contributed by atoms with E-state index in [-0.39, 0.29) is 0 Å². The fourth-order valence-corrected chi connectivity index (χ4v) is 0. The average molecular weight is 118 g/mol. The summed E-state index contributed by atoms with van der Waals surface area (Å²) >= 11 is 0. The lowest BCUT2D eigenvalue weighted by Crippen LogP contribution is -1.36. The van der Waals surface area contributed by atoms with Gasteiger partial charge in [-0.25, -0.2) is 0 Å². The molecule has 0 N–H and O–H groups in total. The summed E-state index contributed by atoms with van der Waals surface area (Å²) in [6.45, 7) is 9.69. The molecule has 0 radical (unpaired) electrons. The fourth-order valence-electron chi connectivity index (χ4n) is 0. The Labute approximate surface area is 53.1 Å². The third-order valence-electron chi connectivity index (χ3n) is 0. The van der Waals surface area contributed by atoms with Crippen LogP contribution in [0.1, 0.15) is 41.0 Å². The van der Waals surface area contributed by atoms with Crippen LogP contribution < -0.4 is 0 Å². The molecular formula is C7H18O. The van der Waals surface area contributed by atoms with Crippen LogP contribution >= 0.6 is 0 Å². The quantitative estimate of drug-likeness (QED) is 0.447. The van der Waals surface area contributed by atoms with Crippen LogP contribution in [0.4, 0.5) is 0 Å². The molecule has 0 fully saturated rings. The second kappa shape index (κ2) is 76.9. The van der Waals surface area contributed by atoms with E-state index in [1.807, 2.05) is 13.8 Å². The van der Waals surface area contributed by atoms with E-state index < -0.39 is 0 Å². The molecule has 0 rings (SSSR count). The molecule has 0 spiro atoms. The molecule has 1 nitrogen and oxygen atoms in total. The molecule has 0 aromatic rings. The zero-order chi connectivity index (χ0) is 7.41. The first-order valence-electron chi connectivity index (χ1n) is 3.23. The van der Waals surface area contributed by atoms with Crippen LogP contribution in [-0.4, -0.2) is 6.29 Å². The van der Waals surface area contributed by atoms with Gasteiger partial charge in [-0.3, -0.25) is 0 Å². The molecule has 0 aromatic carbocycles. The van der Waals surface area contributed by atoms with Crippen LogP contribution in [0.5, 0.6) is 0 Å². The maximum atomic E-state index is 8.81. The van der Waals surface area contributed by atoms with Gasteiger partial charge in [-0.15, -0.1) is 0 Å². The Morgan fingerprint density at radius 3 is 1.25 bits per heavy atom. The standard InChI is InChI=1S/C3H8.C2H4O.C2H6/c1-3-2;1-2-3;1-2/h3H2,1-2H3;2H,1H3;1-2H3. The van der Waals surface area contributed by atoms with Crippen molar-refractivity contribution in [3.05, 3.63) is 0 Å². The maximum absolute atomic E-state index is 8.81. The van der Waals surface area contributed by atoms with Gasteiger partial charge in [-0.2, -0.15) is 0 Å². The smallest absolute Gasteiger partial charge is 0.116 e. The SMILES string of the molecule is CC.CC=O.CCC. The molecule has 0 saturated carbocycles. The zero-order valence-electron chi connectivity index (χ0n) is 6.69. The first-order valence-corrected chi connectivity index (χ1v) is 3.23. The van der Waals surface area contributed by atoms with Gasteiger partial charge in [0.2, 0.25) is 0 Å². The molecule has 0 aliphatic heterocycles. The summed E-state index contributed by atoms with van der Waals surface area (Å²) in [7, 11) is 0. The lowest BCUT2D eigenvalue weighted by atomic mass is 10.6. The van der Waals surface area contributed by atoms with Gasteiger partial charge in [0, 0.05) is 0 Å². The monoisotopic (exact) mass is 118 g/mol. The Morgan fingerprint density at radius 2 is 1.25 bits per heavy atom. The summed E-state index contributed by atoms with van der Waals surface area (Å²) in [5, 5.41) is 0. The van der Waals surface area contributed by atoms with Crippen molar-refractivity contribution in [3.63, 3.8) is 0 Å². The van der Waals surface area contributed by atoms with Crippen molar-refractivity contribution in [2.24, 2.45) is 0 Å². The number of carbonyl (C=O) groups is 1. The van der Waals surface area contributed by atoms with E-state index in [9.17, 15) is 0 Å². The second-order valence-corrected chi connectivity index (χ2v) is 0.943. The van der Waals surface area contributed by atoms with Crippen LogP contribution in [0, 0.1) is 0 Å². The van der Waals surface area contributed by atoms with E-state index in [1.54, 1.807) is 0 Å².